The van der Waals surface area contributed by atoms with Gasteiger partial charge >= 0.3 is 0 Å². The van der Waals surface area contributed by atoms with Crippen LogP contribution >= 0.6 is 0 Å². The van der Waals surface area contributed by atoms with Gasteiger partial charge in [-0.05, 0) is 49.1 Å². The molecular weight excluding hydrogens is 379 g/mol. The maximum absolute atomic E-state index is 13.6. The van der Waals surface area contributed by atoms with E-state index in [9.17, 15) is 9.18 Å². The second-order valence-corrected chi connectivity index (χ2v) is 8.62. The Kier molecular flexibility index (Phi) is 5.03. The Morgan fingerprint density at radius 2 is 1.97 bits per heavy atom. The molecule has 30 heavy (non-hydrogen) atoms. The van der Waals surface area contributed by atoms with Crippen LogP contribution in [-0.4, -0.2) is 41.3 Å². The molecule has 0 radical (unpaired) electrons. The first-order chi connectivity index (χ1) is 14.6. The highest BCUT2D eigenvalue weighted by molar-refractivity contribution is 6.05. The summed E-state index contributed by atoms with van der Waals surface area (Å²) >= 11 is 0. The predicted octanol–water partition coefficient (Wildman–Crippen LogP) is 3.97. The molecule has 156 valence electrons. The summed E-state index contributed by atoms with van der Waals surface area (Å²) in [5.41, 5.74) is 2.26. The van der Waals surface area contributed by atoms with Crippen LogP contribution in [0.3, 0.4) is 0 Å². The second kappa shape index (κ2) is 7.84. The molecule has 0 aromatic heterocycles. The summed E-state index contributed by atoms with van der Waals surface area (Å²) in [4.78, 5) is 20.0. The highest BCUT2D eigenvalue weighted by Gasteiger charge is 2.45. The molecule has 1 spiro atoms. The van der Waals surface area contributed by atoms with Crippen molar-refractivity contribution in [3.63, 3.8) is 0 Å². The molecule has 2 aromatic rings. The molecule has 1 saturated carbocycles. The van der Waals surface area contributed by atoms with E-state index in [-0.39, 0.29) is 11.7 Å². The van der Waals surface area contributed by atoms with Gasteiger partial charge in [-0.2, -0.15) is 0 Å². The van der Waals surface area contributed by atoms with Crippen LogP contribution in [0.5, 0.6) is 0 Å². The van der Waals surface area contributed by atoms with E-state index in [4.69, 9.17) is 4.99 Å². The molecule has 0 bridgehead atoms. The van der Waals surface area contributed by atoms with Gasteiger partial charge in [-0.15, -0.1) is 0 Å². The van der Waals surface area contributed by atoms with Gasteiger partial charge in [-0.25, -0.2) is 4.39 Å². The minimum atomic E-state index is -0.412. The highest BCUT2D eigenvalue weighted by atomic mass is 19.1. The first-order valence-electron chi connectivity index (χ1n) is 10.9. The van der Waals surface area contributed by atoms with Crippen molar-refractivity contribution in [3.8, 4) is 0 Å². The quantitative estimate of drug-likeness (QED) is 0.794. The van der Waals surface area contributed by atoms with Gasteiger partial charge in [-0.3, -0.25) is 15.1 Å². The summed E-state index contributed by atoms with van der Waals surface area (Å²) in [6, 6.07) is 14.6. The Hall–Kier alpha value is -2.73. The summed E-state index contributed by atoms with van der Waals surface area (Å²) in [7, 11) is 0. The lowest BCUT2D eigenvalue weighted by molar-refractivity contribution is 0.0785. The van der Waals surface area contributed by atoms with E-state index in [1.165, 1.54) is 30.5 Å². The van der Waals surface area contributed by atoms with Crippen molar-refractivity contribution in [2.45, 2.75) is 50.2 Å². The zero-order valence-corrected chi connectivity index (χ0v) is 17.0. The van der Waals surface area contributed by atoms with Gasteiger partial charge in [-0.1, -0.05) is 37.1 Å². The summed E-state index contributed by atoms with van der Waals surface area (Å²) in [6.45, 7) is 1.85. The Morgan fingerprint density at radius 3 is 2.80 bits per heavy atom. The molecule has 2 aliphatic heterocycles. The molecule has 3 aliphatic rings. The Bertz CT molecular complexity index is 985. The average molecular weight is 407 g/mol. The number of rotatable bonds is 2. The van der Waals surface area contributed by atoms with Crippen molar-refractivity contribution in [3.05, 3.63) is 65.5 Å². The van der Waals surface area contributed by atoms with Crippen LogP contribution in [0.4, 0.5) is 10.1 Å². The van der Waals surface area contributed by atoms with Crippen molar-refractivity contribution in [2.75, 3.05) is 18.4 Å². The second-order valence-electron chi connectivity index (χ2n) is 8.62. The van der Waals surface area contributed by atoms with E-state index in [1.54, 1.807) is 12.1 Å². The van der Waals surface area contributed by atoms with Gasteiger partial charge in [0, 0.05) is 30.9 Å². The molecule has 2 fully saturated rings. The van der Waals surface area contributed by atoms with Gasteiger partial charge in [0.15, 0.2) is 0 Å². The highest BCUT2D eigenvalue weighted by Crippen LogP contribution is 2.32. The zero-order valence-electron chi connectivity index (χ0n) is 17.0. The normalized spacial score (nSPS) is 25.4. The number of anilines is 1. The van der Waals surface area contributed by atoms with Gasteiger partial charge in [0.25, 0.3) is 5.91 Å². The number of para-hydroxylation sites is 1. The number of hydrogen-bond donors (Lipinski definition) is 2. The predicted molar refractivity (Wildman–Crippen MR) is 116 cm³/mol. The van der Waals surface area contributed by atoms with Crippen molar-refractivity contribution in [1.29, 1.82) is 0 Å². The van der Waals surface area contributed by atoms with Crippen molar-refractivity contribution < 1.29 is 9.18 Å². The van der Waals surface area contributed by atoms with E-state index in [1.807, 2.05) is 17.0 Å². The third kappa shape index (κ3) is 3.60. The standard InChI is InChI=1S/C24H27FN4O/c25-19-8-5-7-17(14-19)22(30)29-13-12-24(16-29)23(27-20-9-2-3-10-20)28-21-11-4-1-6-18(21)15-26-24/h1,4-8,11,14,20,26H,2-3,9-10,12-13,15-16H2,(H,27,28)/t24-/m0/s1. The lowest BCUT2D eigenvalue weighted by Gasteiger charge is -2.31. The van der Waals surface area contributed by atoms with E-state index in [0.29, 0.717) is 24.7 Å². The van der Waals surface area contributed by atoms with Crippen LogP contribution in [0.15, 0.2) is 53.5 Å². The molecule has 6 heteroatoms. The molecule has 1 aliphatic carbocycles. The number of hydrogen-bond acceptors (Lipinski definition) is 3. The molecule has 2 aromatic carbocycles. The van der Waals surface area contributed by atoms with E-state index >= 15 is 0 Å². The molecule has 1 atom stereocenters. The molecule has 2 N–H and O–H groups in total. The lowest BCUT2D eigenvalue weighted by Crippen LogP contribution is -2.55. The van der Waals surface area contributed by atoms with Gasteiger partial charge < -0.3 is 10.2 Å². The Morgan fingerprint density at radius 1 is 1.13 bits per heavy atom. The molecular formula is C24H27FN4O. The number of amidine groups is 1. The number of nitrogens with one attached hydrogen (secondary N) is 2. The zero-order chi connectivity index (χ0) is 20.6. The fourth-order valence-corrected chi connectivity index (χ4v) is 4.89. The summed E-state index contributed by atoms with van der Waals surface area (Å²) in [5.74, 6) is 0.423. The SMILES string of the molecule is O=C(c1cccc(F)c1)N1CC[C@@]2(C1)NCc1ccccc1NC2=NC1CCCC1. The molecule has 1 saturated heterocycles. The molecule has 5 nitrogen and oxygen atoms in total. The number of aliphatic imine (C=N–C) groups is 1. The molecule has 0 unspecified atom stereocenters. The number of carbonyl (C=O) groups is 1. The third-order valence-electron chi connectivity index (χ3n) is 6.61. The summed E-state index contributed by atoms with van der Waals surface area (Å²) < 4.78 is 13.6. The van der Waals surface area contributed by atoms with Gasteiger partial charge in [0.05, 0.1) is 11.6 Å². The minimum Gasteiger partial charge on any atom is -0.342 e. The maximum atomic E-state index is 13.6. The first-order valence-corrected chi connectivity index (χ1v) is 10.9. The van der Waals surface area contributed by atoms with Gasteiger partial charge in [0.1, 0.15) is 11.7 Å². The van der Waals surface area contributed by atoms with Crippen molar-refractivity contribution >= 4 is 17.4 Å². The number of carbonyl (C=O) groups excluding carboxylic acids is 1. The summed E-state index contributed by atoms with van der Waals surface area (Å²) in [5, 5.41) is 7.34. The lowest BCUT2D eigenvalue weighted by atomic mass is 9.96. The van der Waals surface area contributed by atoms with Crippen LogP contribution in [0.2, 0.25) is 0 Å². The Balaban J connectivity index is 1.45. The third-order valence-corrected chi connectivity index (χ3v) is 6.61. The minimum absolute atomic E-state index is 0.129. The number of benzene rings is 2. The number of fused-ring (bicyclic) bond motifs is 1. The van der Waals surface area contributed by atoms with E-state index in [2.05, 4.69) is 22.8 Å². The fraction of sp³-hybridized carbons (Fsp3) is 0.417. The van der Waals surface area contributed by atoms with Crippen LogP contribution in [0.25, 0.3) is 0 Å². The molecule has 1 amide bonds. The smallest absolute Gasteiger partial charge is 0.254 e. The average Bonchev–Trinajstić information content (AvgIpc) is 3.39. The van der Waals surface area contributed by atoms with Crippen molar-refractivity contribution in [2.24, 2.45) is 4.99 Å². The number of halogens is 1. The van der Waals surface area contributed by atoms with Crippen LogP contribution < -0.4 is 10.6 Å². The topological polar surface area (TPSA) is 56.7 Å². The van der Waals surface area contributed by atoms with Crippen LogP contribution in [0.1, 0.15) is 48.0 Å². The maximum Gasteiger partial charge on any atom is 0.254 e. The van der Waals surface area contributed by atoms with Gasteiger partial charge in [0.2, 0.25) is 0 Å². The number of likely N-dealkylation sites (tertiary alicyclic amines) is 1. The Labute approximate surface area is 176 Å². The largest absolute Gasteiger partial charge is 0.342 e. The monoisotopic (exact) mass is 406 g/mol. The number of nitrogens with zero attached hydrogens (tertiary/aromatic N) is 2. The molecule has 2 heterocycles. The fourth-order valence-electron chi connectivity index (χ4n) is 4.89. The van der Waals surface area contributed by atoms with Crippen LogP contribution in [-0.2, 0) is 6.54 Å². The van der Waals surface area contributed by atoms with Crippen molar-refractivity contribution in [1.82, 2.24) is 10.2 Å². The van der Waals surface area contributed by atoms with Crippen LogP contribution in [0, 0.1) is 5.82 Å². The van der Waals surface area contributed by atoms with E-state index < -0.39 is 5.54 Å². The first kappa shape index (κ1) is 19.2. The van der Waals surface area contributed by atoms with E-state index in [0.717, 1.165) is 37.3 Å². The number of amides is 1. The summed E-state index contributed by atoms with van der Waals surface area (Å²) in [6.07, 6.45) is 5.47. The molecule has 5 rings (SSSR count).